The molecule has 0 spiro atoms. The summed E-state index contributed by atoms with van der Waals surface area (Å²) in [6, 6.07) is 12.8. The minimum Gasteiger partial charge on any atom is -0.489 e. The molecule has 3 aliphatic rings. The summed E-state index contributed by atoms with van der Waals surface area (Å²) in [4.78, 5) is 0. The first-order valence-corrected chi connectivity index (χ1v) is 11.2. The van der Waals surface area contributed by atoms with Crippen LogP contribution in [0.15, 0.2) is 45.3 Å². The molecule has 5 rings (SSSR count). The van der Waals surface area contributed by atoms with E-state index in [0.29, 0.717) is 11.8 Å². The Morgan fingerprint density at radius 3 is 2.54 bits per heavy atom. The van der Waals surface area contributed by atoms with Gasteiger partial charge in [-0.15, -0.1) is 0 Å². The second-order valence-electron chi connectivity index (χ2n) is 7.75. The average molecular weight is 495 g/mol. The Balaban J connectivity index is 1.74. The molecule has 0 radical (unpaired) electrons. The van der Waals surface area contributed by atoms with Gasteiger partial charge in [-0.05, 0) is 65.3 Å². The third-order valence-corrected chi connectivity index (χ3v) is 7.42. The van der Waals surface area contributed by atoms with Crippen LogP contribution in [0.3, 0.4) is 0 Å². The Bertz CT molecular complexity index is 932. The summed E-state index contributed by atoms with van der Waals surface area (Å²) >= 11 is 14.2. The maximum atomic E-state index is 7.03. The quantitative estimate of drug-likeness (QED) is 0.417. The molecule has 2 aliphatic carbocycles. The van der Waals surface area contributed by atoms with Gasteiger partial charge in [0.15, 0.2) is 0 Å². The first-order chi connectivity index (χ1) is 12.5. The predicted molar refractivity (Wildman–Crippen MR) is 115 cm³/mol. The van der Waals surface area contributed by atoms with Crippen molar-refractivity contribution in [3.63, 3.8) is 0 Å². The van der Waals surface area contributed by atoms with Crippen molar-refractivity contribution in [1.82, 2.24) is 0 Å². The maximum Gasteiger partial charge on any atom is 0.128 e. The smallest absolute Gasteiger partial charge is 0.128 e. The van der Waals surface area contributed by atoms with Crippen LogP contribution in [0, 0.1) is 11.8 Å². The fraction of sp³-hybridized carbons (Fsp3) is 0.364. The van der Waals surface area contributed by atoms with Gasteiger partial charge in [0.05, 0.1) is 5.03 Å². The molecule has 1 heterocycles. The van der Waals surface area contributed by atoms with E-state index in [0.717, 1.165) is 43.2 Å². The first kappa shape index (κ1) is 17.3. The molecule has 2 aromatic rings. The summed E-state index contributed by atoms with van der Waals surface area (Å²) in [5.41, 5.74) is 4.90. The van der Waals surface area contributed by atoms with E-state index in [1.165, 1.54) is 24.0 Å². The Kier molecular flexibility index (Phi) is 4.26. The maximum absolute atomic E-state index is 7.03. The SMILES string of the molecule is CC1c2ccc(Br)cc2C(Cl)=C2c3ccc(Br)cc3OC(CC3CC3)C21. The molecule has 0 N–H and O–H groups in total. The number of ether oxygens (including phenoxy) is 1. The van der Waals surface area contributed by atoms with Crippen molar-refractivity contribution >= 4 is 54.1 Å². The van der Waals surface area contributed by atoms with Gasteiger partial charge in [0.2, 0.25) is 0 Å². The van der Waals surface area contributed by atoms with Gasteiger partial charge in [0.1, 0.15) is 11.9 Å². The number of halogens is 3. The van der Waals surface area contributed by atoms with Crippen LogP contribution in [-0.2, 0) is 0 Å². The van der Waals surface area contributed by atoms with Crippen LogP contribution in [0.25, 0.3) is 10.6 Å². The highest BCUT2D eigenvalue weighted by Gasteiger charge is 2.44. The lowest BCUT2D eigenvalue weighted by molar-refractivity contribution is 0.123. The minimum absolute atomic E-state index is 0.194. The molecule has 0 saturated heterocycles. The molecule has 1 nitrogen and oxygen atoms in total. The molecule has 1 saturated carbocycles. The van der Waals surface area contributed by atoms with Crippen molar-refractivity contribution in [1.29, 1.82) is 0 Å². The van der Waals surface area contributed by atoms with Gasteiger partial charge >= 0.3 is 0 Å². The molecular weight excluding hydrogens is 476 g/mol. The highest BCUT2D eigenvalue weighted by Crippen LogP contribution is 2.56. The van der Waals surface area contributed by atoms with E-state index in [-0.39, 0.29) is 6.10 Å². The summed E-state index contributed by atoms with van der Waals surface area (Å²) in [6.45, 7) is 2.33. The molecular formula is C22H19Br2ClO. The lowest BCUT2D eigenvalue weighted by Gasteiger charge is -2.43. The summed E-state index contributed by atoms with van der Waals surface area (Å²) in [5.74, 6) is 2.47. The van der Waals surface area contributed by atoms with Crippen LogP contribution >= 0.6 is 43.5 Å². The zero-order chi connectivity index (χ0) is 18.0. The highest BCUT2D eigenvalue weighted by molar-refractivity contribution is 9.10. The van der Waals surface area contributed by atoms with E-state index in [9.17, 15) is 0 Å². The molecule has 134 valence electrons. The Hall–Kier alpha value is -0.770. The molecule has 0 bridgehead atoms. The van der Waals surface area contributed by atoms with Crippen molar-refractivity contribution in [2.75, 3.05) is 0 Å². The van der Waals surface area contributed by atoms with Gasteiger partial charge in [0.25, 0.3) is 0 Å². The van der Waals surface area contributed by atoms with Gasteiger partial charge in [-0.3, -0.25) is 0 Å². The minimum atomic E-state index is 0.194. The van der Waals surface area contributed by atoms with Crippen LogP contribution in [0.2, 0.25) is 0 Å². The molecule has 1 aliphatic heterocycles. The zero-order valence-corrected chi connectivity index (χ0v) is 18.4. The Morgan fingerprint density at radius 2 is 1.77 bits per heavy atom. The molecule has 3 unspecified atom stereocenters. The predicted octanol–water partition coefficient (Wildman–Crippen LogP) is 7.61. The fourth-order valence-electron chi connectivity index (χ4n) is 4.59. The van der Waals surface area contributed by atoms with Crippen LogP contribution in [0.4, 0.5) is 0 Å². The molecule has 26 heavy (non-hydrogen) atoms. The van der Waals surface area contributed by atoms with E-state index >= 15 is 0 Å². The topological polar surface area (TPSA) is 9.23 Å². The number of rotatable bonds is 2. The fourth-order valence-corrected chi connectivity index (χ4v) is 5.68. The summed E-state index contributed by atoms with van der Waals surface area (Å²) in [5, 5.41) is 0.886. The number of hydrogen-bond acceptors (Lipinski definition) is 1. The van der Waals surface area contributed by atoms with E-state index in [2.05, 4.69) is 75.2 Å². The van der Waals surface area contributed by atoms with Gasteiger partial charge in [-0.2, -0.15) is 0 Å². The van der Waals surface area contributed by atoms with Crippen molar-refractivity contribution < 1.29 is 4.74 Å². The van der Waals surface area contributed by atoms with Crippen LogP contribution in [0.5, 0.6) is 5.75 Å². The number of fused-ring (bicyclic) bond motifs is 4. The molecule has 0 amide bonds. The van der Waals surface area contributed by atoms with Gasteiger partial charge < -0.3 is 4.74 Å². The van der Waals surface area contributed by atoms with Gasteiger partial charge in [-0.25, -0.2) is 0 Å². The lowest BCUT2D eigenvalue weighted by Crippen LogP contribution is -2.37. The molecule has 1 fully saturated rings. The summed E-state index contributed by atoms with van der Waals surface area (Å²) < 4.78 is 8.67. The highest BCUT2D eigenvalue weighted by atomic mass is 79.9. The van der Waals surface area contributed by atoms with Crippen molar-refractivity contribution in [2.24, 2.45) is 11.8 Å². The Labute approximate surface area is 176 Å². The van der Waals surface area contributed by atoms with Crippen molar-refractivity contribution in [3.8, 4) is 5.75 Å². The van der Waals surface area contributed by atoms with Crippen LogP contribution in [0.1, 0.15) is 48.8 Å². The summed E-state index contributed by atoms with van der Waals surface area (Å²) in [7, 11) is 0. The van der Waals surface area contributed by atoms with Crippen LogP contribution in [-0.4, -0.2) is 6.10 Å². The lowest BCUT2D eigenvalue weighted by atomic mass is 9.69. The van der Waals surface area contributed by atoms with E-state index in [1.54, 1.807) is 0 Å². The Morgan fingerprint density at radius 1 is 1.04 bits per heavy atom. The van der Waals surface area contributed by atoms with Gasteiger partial charge in [0, 0.05) is 20.4 Å². The van der Waals surface area contributed by atoms with Crippen molar-refractivity contribution in [3.05, 3.63) is 62.0 Å². The third-order valence-electron chi connectivity index (χ3n) is 6.03. The molecule has 0 aromatic heterocycles. The van der Waals surface area contributed by atoms with Gasteiger partial charge in [-0.1, -0.05) is 69.3 Å². The van der Waals surface area contributed by atoms with Crippen LogP contribution < -0.4 is 4.74 Å². The number of hydrogen-bond donors (Lipinski definition) is 0. The van der Waals surface area contributed by atoms with E-state index in [1.807, 2.05) is 0 Å². The largest absolute Gasteiger partial charge is 0.489 e. The monoisotopic (exact) mass is 492 g/mol. The molecule has 4 heteroatoms. The van der Waals surface area contributed by atoms with E-state index < -0.39 is 0 Å². The zero-order valence-electron chi connectivity index (χ0n) is 14.4. The molecule has 2 aromatic carbocycles. The standard InChI is InChI=1S/C22H19Br2ClO/c1-11-15-6-4-13(23)9-17(15)22(25)21-16-7-5-14(24)10-18(16)26-19(20(11)21)8-12-2-3-12/h4-7,9-12,19-20H,2-3,8H2,1H3. The normalized spacial score (nSPS) is 26.7. The third kappa shape index (κ3) is 2.78. The molecule has 3 atom stereocenters. The average Bonchev–Trinajstić information content (AvgIpc) is 3.42. The first-order valence-electron chi connectivity index (χ1n) is 9.19. The number of benzene rings is 2. The van der Waals surface area contributed by atoms with Crippen molar-refractivity contribution in [2.45, 2.75) is 38.2 Å². The second-order valence-corrected chi connectivity index (χ2v) is 9.96. The van der Waals surface area contributed by atoms with E-state index in [4.69, 9.17) is 16.3 Å². The second kappa shape index (κ2) is 6.39. The summed E-state index contributed by atoms with van der Waals surface area (Å²) in [6.07, 6.45) is 3.99.